The van der Waals surface area contributed by atoms with E-state index in [-0.39, 0.29) is 36.1 Å². The monoisotopic (exact) mass is 455 g/mol. The Bertz CT molecular complexity index is 990. The zero-order valence-corrected chi connectivity index (χ0v) is 19.5. The Hall–Kier alpha value is -3.26. The van der Waals surface area contributed by atoms with E-state index < -0.39 is 0 Å². The van der Waals surface area contributed by atoms with E-state index in [2.05, 4.69) is 5.10 Å². The van der Waals surface area contributed by atoms with E-state index in [0.29, 0.717) is 31.0 Å². The summed E-state index contributed by atoms with van der Waals surface area (Å²) in [5.74, 6) is -0.286. The number of hydrazone groups is 1. The van der Waals surface area contributed by atoms with Crippen LogP contribution in [0, 0.1) is 11.7 Å². The van der Waals surface area contributed by atoms with Crippen LogP contribution in [0.2, 0.25) is 0 Å². The molecule has 1 aliphatic rings. The van der Waals surface area contributed by atoms with Gasteiger partial charge in [0.1, 0.15) is 18.1 Å². The summed E-state index contributed by atoms with van der Waals surface area (Å²) < 4.78 is 23.8. The molecule has 0 fully saturated rings. The second kappa shape index (κ2) is 11.0. The normalized spacial score (nSPS) is 15.5. The molecule has 0 N–H and O–H groups in total. The Balaban J connectivity index is 1.90. The van der Waals surface area contributed by atoms with Crippen molar-refractivity contribution < 1.29 is 23.5 Å². The predicted octanol–water partition coefficient (Wildman–Crippen LogP) is 3.64. The Labute approximate surface area is 193 Å². The summed E-state index contributed by atoms with van der Waals surface area (Å²) in [6.45, 7) is 4.14. The molecular formula is C25H30FN3O4. The zero-order valence-electron chi connectivity index (χ0n) is 19.5. The average molecular weight is 456 g/mol. The number of nitrogens with zero attached hydrogens (tertiary/aromatic N) is 3. The molecule has 176 valence electrons. The number of carbonyl (C=O) groups excluding carboxylic acids is 2. The molecule has 1 heterocycles. The van der Waals surface area contributed by atoms with Crippen LogP contribution in [0.1, 0.15) is 37.4 Å². The van der Waals surface area contributed by atoms with E-state index in [1.807, 2.05) is 24.3 Å². The fraction of sp³-hybridized carbons (Fsp3) is 0.400. The van der Waals surface area contributed by atoms with Crippen molar-refractivity contribution in [1.29, 1.82) is 0 Å². The standard InChI is InChI=1S/C25H30FN3O4/c1-17(2)25(31)28(13-14-32-3)16-24(30)29-23(19-7-11-21(33-4)12-8-19)15-22(27-29)18-5-9-20(26)10-6-18/h5-12,17,23H,13-16H2,1-4H3. The van der Waals surface area contributed by atoms with Gasteiger partial charge >= 0.3 is 0 Å². The molecule has 7 nitrogen and oxygen atoms in total. The van der Waals surface area contributed by atoms with Crippen molar-refractivity contribution in [1.82, 2.24) is 9.91 Å². The van der Waals surface area contributed by atoms with Crippen LogP contribution in [-0.2, 0) is 14.3 Å². The molecule has 0 saturated heterocycles. The number of benzene rings is 2. The molecule has 33 heavy (non-hydrogen) atoms. The van der Waals surface area contributed by atoms with Crippen LogP contribution < -0.4 is 4.74 Å². The van der Waals surface area contributed by atoms with Crippen molar-refractivity contribution in [3.05, 3.63) is 65.5 Å². The van der Waals surface area contributed by atoms with Crippen LogP contribution in [0.25, 0.3) is 0 Å². The van der Waals surface area contributed by atoms with E-state index in [1.54, 1.807) is 40.2 Å². The van der Waals surface area contributed by atoms with Crippen LogP contribution in [0.3, 0.4) is 0 Å². The lowest BCUT2D eigenvalue weighted by Gasteiger charge is -2.28. The first-order chi connectivity index (χ1) is 15.8. The van der Waals surface area contributed by atoms with Crippen LogP contribution in [0.4, 0.5) is 4.39 Å². The van der Waals surface area contributed by atoms with E-state index in [4.69, 9.17) is 9.47 Å². The minimum absolute atomic E-state index is 0.104. The number of hydrogen-bond donors (Lipinski definition) is 0. The molecule has 1 aliphatic heterocycles. The molecule has 2 amide bonds. The molecule has 1 atom stereocenters. The summed E-state index contributed by atoms with van der Waals surface area (Å²) in [4.78, 5) is 27.5. The maximum Gasteiger partial charge on any atom is 0.262 e. The molecule has 2 aromatic carbocycles. The number of carbonyl (C=O) groups is 2. The van der Waals surface area contributed by atoms with Crippen molar-refractivity contribution in [2.75, 3.05) is 33.9 Å². The lowest BCUT2D eigenvalue weighted by atomic mass is 9.98. The molecule has 0 aliphatic carbocycles. The van der Waals surface area contributed by atoms with Crippen molar-refractivity contribution in [2.24, 2.45) is 11.0 Å². The van der Waals surface area contributed by atoms with Crippen LogP contribution in [0.15, 0.2) is 53.6 Å². The van der Waals surface area contributed by atoms with Gasteiger partial charge in [0.15, 0.2) is 0 Å². The minimum Gasteiger partial charge on any atom is -0.497 e. The highest BCUT2D eigenvalue weighted by molar-refractivity contribution is 6.03. The molecular weight excluding hydrogens is 425 g/mol. The Kier molecular flexibility index (Phi) is 8.16. The molecule has 3 rings (SSSR count). The summed E-state index contributed by atoms with van der Waals surface area (Å²) in [7, 11) is 3.15. The quantitative estimate of drug-likeness (QED) is 0.579. The highest BCUT2D eigenvalue weighted by atomic mass is 19.1. The van der Waals surface area contributed by atoms with Crippen molar-refractivity contribution in [3.8, 4) is 5.75 Å². The van der Waals surface area contributed by atoms with Gasteiger partial charge in [-0.05, 0) is 35.4 Å². The minimum atomic E-state index is -0.345. The first kappa shape index (κ1) is 24.4. The highest BCUT2D eigenvalue weighted by Crippen LogP contribution is 2.33. The fourth-order valence-electron chi connectivity index (χ4n) is 3.71. The third kappa shape index (κ3) is 5.96. The summed E-state index contributed by atoms with van der Waals surface area (Å²) in [5, 5.41) is 6.04. The van der Waals surface area contributed by atoms with Gasteiger partial charge in [-0.3, -0.25) is 9.59 Å². The van der Waals surface area contributed by atoms with Gasteiger partial charge in [-0.15, -0.1) is 0 Å². The molecule has 0 spiro atoms. The van der Waals surface area contributed by atoms with E-state index in [9.17, 15) is 14.0 Å². The number of rotatable bonds is 9. The van der Waals surface area contributed by atoms with Crippen LogP contribution >= 0.6 is 0 Å². The SMILES string of the molecule is COCCN(CC(=O)N1N=C(c2ccc(F)cc2)CC1c1ccc(OC)cc1)C(=O)C(C)C. The summed E-state index contributed by atoms with van der Waals surface area (Å²) >= 11 is 0. The molecule has 2 aromatic rings. The number of hydrogen-bond acceptors (Lipinski definition) is 5. The number of amides is 2. The highest BCUT2D eigenvalue weighted by Gasteiger charge is 2.34. The molecule has 0 saturated carbocycles. The average Bonchev–Trinajstić information content (AvgIpc) is 3.27. The second-order valence-electron chi connectivity index (χ2n) is 8.19. The molecule has 0 bridgehead atoms. The molecule has 0 radical (unpaired) electrons. The Morgan fingerprint density at radius 2 is 1.79 bits per heavy atom. The third-order valence-electron chi connectivity index (χ3n) is 5.54. The number of halogens is 1. The van der Waals surface area contributed by atoms with Crippen LogP contribution in [0.5, 0.6) is 5.75 Å². The first-order valence-electron chi connectivity index (χ1n) is 10.9. The molecule has 8 heteroatoms. The van der Waals surface area contributed by atoms with E-state index in [0.717, 1.165) is 11.1 Å². The van der Waals surface area contributed by atoms with Gasteiger partial charge in [0.2, 0.25) is 5.91 Å². The summed E-state index contributed by atoms with van der Waals surface area (Å²) in [6, 6.07) is 13.2. The van der Waals surface area contributed by atoms with Gasteiger partial charge in [0.25, 0.3) is 5.91 Å². The third-order valence-corrected chi connectivity index (χ3v) is 5.54. The largest absolute Gasteiger partial charge is 0.497 e. The summed E-state index contributed by atoms with van der Waals surface area (Å²) in [5.41, 5.74) is 2.33. The lowest BCUT2D eigenvalue weighted by Crippen LogP contribution is -2.44. The van der Waals surface area contributed by atoms with Gasteiger partial charge in [-0.25, -0.2) is 9.40 Å². The topological polar surface area (TPSA) is 71.4 Å². The van der Waals surface area contributed by atoms with Crippen molar-refractivity contribution in [2.45, 2.75) is 26.3 Å². The van der Waals surface area contributed by atoms with Gasteiger partial charge in [-0.1, -0.05) is 38.1 Å². The Morgan fingerprint density at radius 3 is 2.36 bits per heavy atom. The van der Waals surface area contributed by atoms with Gasteiger partial charge < -0.3 is 14.4 Å². The predicted molar refractivity (Wildman–Crippen MR) is 123 cm³/mol. The Morgan fingerprint density at radius 1 is 1.12 bits per heavy atom. The fourth-order valence-corrected chi connectivity index (χ4v) is 3.71. The van der Waals surface area contributed by atoms with E-state index >= 15 is 0 Å². The van der Waals surface area contributed by atoms with Crippen LogP contribution in [-0.4, -0.2) is 61.4 Å². The van der Waals surface area contributed by atoms with E-state index in [1.165, 1.54) is 22.0 Å². The van der Waals surface area contributed by atoms with Gasteiger partial charge in [0.05, 0.1) is 25.5 Å². The maximum absolute atomic E-state index is 13.4. The zero-order chi connectivity index (χ0) is 24.0. The molecule has 1 unspecified atom stereocenters. The first-order valence-corrected chi connectivity index (χ1v) is 10.9. The van der Waals surface area contributed by atoms with Gasteiger partial charge in [-0.2, -0.15) is 5.10 Å². The summed E-state index contributed by atoms with van der Waals surface area (Å²) in [6.07, 6.45) is 0.472. The number of methoxy groups -OCH3 is 2. The molecule has 0 aromatic heterocycles. The van der Waals surface area contributed by atoms with Crippen molar-refractivity contribution in [3.63, 3.8) is 0 Å². The smallest absolute Gasteiger partial charge is 0.262 e. The number of ether oxygens (including phenoxy) is 2. The van der Waals surface area contributed by atoms with Gasteiger partial charge in [0, 0.05) is 26.0 Å². The lowest BCUT2D eigenvalue weighted by molar-refractivity contribution is -0.143. The second-order valence-corrected chi connectivity index (χ2v) is 8.19. The maximum atomic E-state index is 13.4. The van der Waals surface area contributed by atoms with Crippen molar-refractivity contribution >= 4 is 17.5 Å².